The summed E-state index contributed by atoms with van der Waals surface area (Å²) in [6.45, 7) is 5.01. The van der Waals surface area contributed by atoms with Crippen LogP contribution in [0.5, 0.6) is 0 Å². The maximum Gasteiger partial charge on any atom is 0.223 e. The van der Waals surface area contributed by atoms with Gasteiger partial charge >= 0.3 is 0 Å². The van der Waals surface area contributed by atoms with Crippen molar-refractivity contribution in [2.75, 3.05) is 31.1 Å². The molecule has 1 aliphatic rings. The number of hydrogen-bond donors (Lipinski definition) is 2. The Morgan fingerprint density at radius 2 is 2.09 bits per heavy atom. The molecule has 0 aliphatic carbocycles. The van der Waals surface area contributed by atoms with Gasteiger partial charge < -0.3 is 19.9 Å². The highest BCUT2D eigenvalue weighted by Crippen LogP contribution is 2.26. The van der Waals surface area contributed by atoms with Gasteiger partial charge in [-0.1, -0.05) is 12.1 Å². The Labute approximate surface area is 136 Å². The number of fused-ring (bicyclic) bond motifs is 1. The zero-order valence-corrected chi connectivity index (χ0v) is 13.5. The van der Waals surface area contributed by atoms with Crippen LogP contribution in [0.25, 0.3) is 11.0 Å². The molecule has 0 radical (unpaired) electrons. The lowest BCUT2D eigenvalue weighted by molar-refractivity contribution is -0.125. The van der Waals surface area contributed by atoms with E-state index in [1.54, 1.807) is 0 Å². The van der Waals surface area contributed by atoms with E-state index in [2.05, 4.69) is 27.8 Å². The summed E-state index contributed by atoms with van der Waals surface area (Å²) in [6.07, 6.45) is 1.65. The molecule has 3 rings (SSSR count). The molecule has 2 heterocycles. The summed E-state index contributed by atoms with van der Waals surface area (Å²) in [5.74, 6) is 1.10. The lowest BCUT2D eigenvalue weighted by Gasteiger charge is -2.32. The van der Waals surface area contributed by atoms with Crippen molar-refractivity contribution in [2.45, 2.75) is 26.3 Å². The number of hydrogen-bond acceptors (Lipinski definition) is 4. The van der Waals surface area contributed by atoms with Gasteiger partial charge in [0.05, 0.1) is 17.6 Å². The third-order valence-corrected chi connectivity index (χ3v) is 4.51. The Morgan fingerprint density at radius 3 is 2.78 bits per heavy atom. The maximum absolute atomic E-state index is 12.0. The Hall–Kier alpha value is -2.08. The van der Waals surface area contributed by atoms with Gasteiger partial charge in [0.25, 0.3) is 0 Å². The summed E-state index contributed by atoms with van der Waals surface area (Å²) in [7, 11) is 0. The smallest absolute Gasteiger partial charge is 0.223 e. The number of carbonyl (C=O) groups is 1. The Bertz CT molecular complexity index is 674. The van der Waals surface area contributed by atoms with E-state index in [-0.39, 0.29) is 18.4 Å². The van der Waals surface area contributed by atoms with Crippen molar-refractivity contribution in [3.05, 3.63) is 24.3 Å². The van der Waals surface area contributed by atoms with Crippen molar-refractivity contribution >= 4 is 22.9 Å². The Balaban J connectivity index is 1.71. The van der Waals surface area contributed by atoms with Crippen LogP contribution in [0.4, 0.5) is 5.95 Å². The van der Waals surface area contributed by atoms with Gasteiger partial charge in [-0.25, -0.2) is 4.98 Å². The molecule has 1 aromatic heterocycles. The number of amides is 1. The van der Waals surface area contributed by atoms with Crippen LogP contribution in [-0.2, 0) is 11.3 Å². The molecule has 0 atom stereocenters. The number of nitrogens with zero attached hydrogens (tertiary/aromatic N) is 3. The number of aromatic nitrogens is 2. The number of nitrogens with one attached hydrogen (secondary N) is 1. The number of aliphatic hydroxyl groups is 1. The van der Waals surface area contributed by atoms with Gasteiger partial charge in [0.1, 0.15) is 0 Å². The summed E-state index contributed by atoms with van der Waals surface area (Å²) in [5, 5.41) is 11.6. The minimum absolute atomic E-state index is 0.00882. The molecule has 1 saturated heterocycles. The van der Waals surface area contributed by atoms with Crippen molar-refractivity contribution in [1.29, 1.82) is 0 Å². The van der Waals surface area contributed by atoms with Gasteiger partial charge in [-0.3, -0.25) is 4.79 Å². The van der Waals surface area contributed by atoms with Crippen molar-refractivity contribution < 1.29 is 9.90 Å². The number of para-hydroxylation sites is 2. The van der Waals surface area contributed by atoms with E-state index >= 15 is 0 Å². The summed E-state index contributed by atoms with van der Waals surface area (Å²) >= 11 is 0. The van der Waals surface area contributed by atoms with Crippen LogP contribution >= 0.6 is 0 Å². The predicted octanol–water partition coefficient (Wildman–Crippen LogP) is 1.38. The molecular weight excluding hydrogens is 292 g/mol. The first-order valence-electron chi connectivity index (χ1n) is 8.33. The summed E-state index contributed by atoms with van der Waals surface area (Å²) < 4.78 is 2.24. The molecule has 1 amide bonds. The van der Waals surface area contributed by atoms with Gasteiger partial charge in [-0.05, 0) is 31.9 Å². The fourth-order valence-electron chi connectivity index (χ4n) is 3.28. The number of piperidine rings is 1. The number of aryl methyl sites for hydroxylation is 1. The van der Waals surface area contributed by atoms with E-state index in [1.807, 2.05) is 18.2 Å². The van der Waals surface area contributed by atoms with Crippen LogP contribution in [0.3, 0.4) is 0 Å². The number of benzene rings is 1. The average Bonchev–Trinajstić information content (AvgIpc) is 2.98. The fraction of sp³-hybridized carbons (Fsp3) is 0.529. The van der Waals surface area contributed by atoms with Crippen molar-refractivity contribution in [1.82, 2.24) is 14.9 Å². The molecule has 1 aromatic carbocycles. The first kappa shape index (κ1) is 15.8. The topological polar surface area (TPSA) is 70.4 Å². The molecule has 1 aliphatic heterocycles. The number of anilines is 1. The molecular formula is C17H24N4O2. The zero-order chi connectivity index (χ0) is 16.2. The fourth-order valence-corrected chi connectivity index (χ4v) is 3.28. The second-order valence-electron chi connectivity index (χ2n) is 5.92. The van der Waals surface area contributed by atoms with Crippen LogP contribution < -0.4 is 10.2 Å². The average molecular weight is 316 g/mol. The first-order chi connectivity index (χ1) is 11.2. The second kappa shape index (κ2) is 7.00. The summed E-state index contributed by atoms with van der Waals surface area (Å²) in [6, 6.07) is 8.19. The highest BCUT2D eigenvalue weighted by Gasteiger charge is 2.27. The van der Waals surface area contributed by atoms with E-state index < -0.39 is 0 Å². The van der Waals surface area contributed by atoms with Crippen LogP contribution in [0.15, 0.2) is 24.3 Å². The summed E-state index contributed by atoms with van der Waals surface area (Å²) in [4.78, 5) is 19.1. The van der Waals surface area contributed by atoms with Gasteiger partial charge in [-0.15, -0.1) is 0 Å². The minimum Gasteiger partial charge on any atom is -0.395 e. The third kappa shape index (κ3) is 3.17. The number of rotatable bonds is 5. The van der Waals surface area contributed by atoms with Gasteiger partial charge in [0.2, 0.25) is 11.9 Å². The highest BCUT2D eigenvalue weighted by atomic mass is 16.3. The number of carbonyl (C=O) groups excluding carboxylic acids is 1. The van der Waals surface area contributed by atoms with E-state index in [0.29, 0.717) is 6.54 Å². The largest absolute Gasteiger partial charge is 0.395 e. The minimum atomic E-state index is -0.00882. The molecule has 1 fully saturated rings. The second-order valence-corrected chi connectivity index (χ2v) is 5.92. The van der Waals surface area contributed by atoms with Crippen LogP contribution in [-0.4, -0.2) is 46.8 Å². The van der Waals surface area contributed by atoms with Crippen molar-refractivity contribution in [3.8, 4) is 0 Å². The first-order valence-corrected chi connectivity index (χ1v) is 8.33. The maximum atomic E-state index is 12.0. The Morgan fingerprint density at radius 1 is 1.35 bits per heavy atom. The lowest BCUT2D eigenvalue weighted by atomic mass is 9.96. The normalized spacial score (nSPS) is 16.0. The van der Waals surface area contributed by atoms with Crippen molar-refractivity contribution in [2.24, 2.45) is 5.92 Å². The summed E-state index contributed by atoms with van der Waals surface area (Å²) in [5.41, 5.74) is 2.18. The van der Waals surface area contributed by atoms with E-state index in [4.69, 9.17) is 10.1 Å². The van der Waals surface area contributed by atoms with E-state index in [1.165, 1.54) is 0 Å². The highest BCUT2D eigenvalue weighted by molar-refractivity contribution is 5.80. The number of imidazole rings is 1. The molecule has 6 nitrogen and oxygen atoms in total. The zero-order valence-electron chi connectivity index (χ0n) is 13.5. The lowest BCUT2D eigenvalue weighted by Crippen LogP contribution is -2.42. The molecule has 6 heteroatoms. The molecule has 23 heavy (non-hydrogen) atoms. The van der Waals surface area contributed by atoms with Crippen LogP contribution in [0, 0.1) is 5.92 Å². The van der Waals surface area contributed by atoms with Crippen LogP contribution in [0.2, 0.25) is 0 Å². The molecule has 2 N–H and O–H groups in total. The Kier molecular flexibility index (Phi) is 4.81. The standard InChI is InChI=1S/C17H24N4O2/c1-2-21-15-6-4-3-5-14(15)19-17(21)20-10-7-13(8-11-20)16(23)18-9-12-22/h3-6,13,22H,2,7-12H2,1H3,(H,18,23). The molecule has 0 spiro atoms. The number of aliphatic hydroxyl groups excluding tert-OH is 1. The quantitative estimate of drug-likeness (QED) is 0.874. The SMILES string of the molecule is CCn1c(N2CCC(C(=O)NCCO)CC2)nc2ccccc21. The monoisotopic (exact) mass is 316 g/mol. The van der Waals surface area contributed by atoms with E-state index in [0.717, 1.165) is 49.5 Å². The molecule has 2 aromatic rings. The molecule has 124 valence electrons. The molecule has 0 unspecified atom stereocenters. The van der Waals surface area contributed by atoms with Crippen LogP contribution in [0.1, 0.15) is 19.8 Å². The van der Waals surface area contributed by atoms with Gasteiger partial charge in [-0.2, -0.15) is 0 Å². The van der Waals surface area contributed by atoms with E-state index in [9.17, 15) is 4.79 Å². The molecule has 0 saturated carbocycles. The molecule has 0 bridgehead atoms. The predicted molar refractivity (Wildman–Crippen MR) is 90.4 cm³/mol. The van der Waals surface area contributed by atoms with Gasteiger partial charge in [0.15, 0.2) is 0 Å². The van der Waals surface area contributed by atoms with Gasteiger partial charge in [0, 0.05) is 32.1 Å². The third-order valence-electron chi connectivity index (χ3n) is 4.51. The van der Waals surface area contributed by atoms with Crippen molar-refractivity contribution in [3.63, 3.8) is 0 Å².